The Morgan fingerprint density at radius 3 is 2.53 bits per heavy atom. The van der Waals surface area contributed by atoms with E-state index in [-0.39, 0.29) is 12.1 Å². The topological polar surface area (TPSA) is 52.3 Å². The van der Waals surface area contributed by atoms with Crippen LogP contribution in [-0.2, 0) is 11.3 Å². The van der Waals surface area contributed by atoms with Crippen molar-refractivity contribution in [1.29, 1.82) is 0 Å². The summed E-state index contributed by atoms with van der Waals surface area (Å²) < 4.78 is 19.3. The first kappa shape index (κ1) is 14.1. The van der Waals surface area contributed by atoms with E-state index in [4.69, 9.17) is 10.5 Å². The van der Waals surface area contributed by atoms with Crippen LogP contribution >= 0.6 is 15.9 Å². The molecule has 1 aromatic rings. The first-order valence-corrected chi connectivity index (χ1v) is 5.95. The number of hydrogen-bond donors (Lipinski definition) is 1. The van der Waals surface area contributed by atoms with Crippen molar-refractivity contribution < 1.29 is 13.9 Å². The summed E-state index contributed by atoms with van der Waals surface area (Å²) in [6, 6.07) is 2.63. The molecule has 94 valence electrons. The van der Waals surface area contributed by atoms with Gasteiger partial charge in [0.1, 0.15) is 11.4 Å². The van der Waals surface area contributed by atoms with E-state index < -0.39 is 17.4 Å². The smallest absolute Gasteiger partial charge is 0.341 e. The van der Waals surface area contributed by atoms with Gasteiger partial charge in [0.25, 0.3) is 0 Å². The van der Waals surface area contributed by atoms with E-state index in [2.05, 4.69) is 15.9 Å². The Kier molecular flexibility index (Phi) is 4.27. The number of hydrogen-bond acceptors (Lipinski definition) is 3. The van der Waals surface area contributed by atoms with Gasteiger partial charge in [0.05, 0.1) is 5.56 Å². The maximum absolute atomic E-state index is 13.6. The minimum atomic E-state index is -0.683. The number of carbonyl (C=O) groups is 1. The molecule has 0 aromatic heterocycles. The minimum absolute atomic E-state index is 0.0939. The van der Waals surface area contributed by atoms with Crippen LogP contribution in [0.15, 0.2) is 16.6 Å². The van der Waals surface area contributed by atoms with Crippen molar-refractivity contribution in [2.75, 3.05) is 0 Å². The predicted octanol–water partition coefficient (Wildman–Crippen LogP) is 3.00. The van der Waals surface area contributed by atoms with E-state index >= 15 is 0 Å². The number of benzene rings is 1. The summed E-state index contributed by atoms with van der Waals surface area (Å²) in [6.45, 7) is 5.40. The van der Waals surface area contributed by atoms with Gasteiger partial charge >= 0.3 is 5.97 Å². The summed E-state index contributed by atoms with van der Waals surface area (Å²) in [6.07, 6.45) is 0. The molecule has 0 saturated heterocycles. The second-order valence-corrected chi connectivity index (χ2v) is 5.48. The molecule has 17 heavy (non-hydrogen) atoms. The number of nitrogens with two attached hydrogens (primary N) is 1. The lowest BCUT2D eigenvalue weighted by molar-refractivity contribution is 0.00646. The molecule has 0 unspecified atom stereocenters. The fourth-order valence-corrected chi connectivity index (χ4v) is 1.72. The van der Waals surface area contributed by atoms with Gasteiger partial charge in [-0.2, -0.15) is 0 Å². The lowest BCUT2D eigenvalue weighted by Gasteiger charge is -2.20. The van der Waals surface area contributed by atoms with E-state index in [9.17, 15) is 9.18 Å². The van der Waals surface area contributed by atoms with Crippen molar-refractivity contribution in [3.05, 3.63) is 33.5 Å². The van der Waals surface area contributed by atoms with Crippen molar-refractivity contribution in [3.8, 4) is 0 Å². The lowest BCUT2D eigenvalue weighted by atomic mass is 10.1. The van der Waals surface area contributed by atoms with Gasteiger partial charge in [-0.1, -0.05) is 15.9 Å². The van der Waals surface area contributed by atoms with Crippen LogP contribution in [-0.4, -0.2) is 11.6 Å². The molecule has 0 heterocycles. The maximum Gasteiger partial charge on any atom is 0.341 e. The molecule has 0 radical (unpaired) electrons. The van der Waals surface area contributed by atoms with Crippen molar-refractivity contribution in [2.45, 2.75) is 32.9 Å². The molecule has 5 heteroatoms. The van der Waals surface area contributed by atoms with Gasteiger partial charge < -0.3 is 10.5 Å². The van der Waals surface area contributed by atoms with Gasteiger partial charge in [-0.05, 0) is 38.5 Å². The second-order valence-electron chi connectivity index (χ2n) is 4.63. The third-order valence-corrected chi connectivity index (χ3v) is 2.71. The van der Waals surface area contributed by atoms with Crippen molar-refractivity contribution >= 4 is 21.9 Å². The standard InChI is InChI=1S/C12H15BrFNO2/c1-12(2,3)17-11(16)8-4-7(6-15)9(13)5-10(8)14/h4-5H,6,15H2,1-3H3. The van der Waals surface area contributed by atoms with Gasteiger partial charge in [-0.3, -0.25) is 0 Å². The molecule has 0 fully saturated rings. The molecular formula is C12H15BrFNO2. The molecule has 0 spiro atoms. The van der Waals surface area contributed by atoms with Crippen molar-refractivity contribution in [2.24, 2.45) is 5.73 Å². The highest BCUT2D eigenvalue weighted by Gasteiger charge is 2.21. The highest BCUT2D eigenvalue weighted by molar-refractivity contribution is 9.10. The maximum atomic E-state index is 13.6. The van der Waals surface area contributed by atoms with Crippen LogP contribution in [0.3, 0.4) is 0 Å². The molecule has 0 aliphatic carbocycles. The molecule has 3 nitrogen and oxygen atoms in total. The van der Waals surface area contributed by atoms with E-state index in [1.807, 2.05) is 0 Å². The van der Waals surface area contributed by atoms with Gasteiger partial charge in [0.15, 0.2) is 0 Å². The van der Waals surface area contributed by atoms with Crippen molar-refractivity contribution in [3.63, 3.8) is 0 Å². The summed E-state index contributed by atoms with van der Waals surface area (Å²) >= 11 is 3.18. The van der Waals surface area contributed by atoms with E-state index in [1.165, 1.54) is 12.1 Å². The predicted molar refractivity (Wildman–Crippen MR) is 67.2 cm³/mol. The summed E-state index contributed by atoms with van der Waals surface area (Å²) in [4.78, 5) is 11.7. The molecule has 1 aromatic carbocycles. The normalized spacial score (nSPS) is 11.4. The summed E-state index contributed by atoms with van der Waals surface area (Å²) in [5.74, 6) is -1.31. The minimum Gasteiger partial charge on any atom is -0.456 e. The van der Waals surface area contributed by atoms with Crippen molar-refractivity contribution in [1.82, 2.24) is 0 Å². The number of esters is 1. The molecular weight excluding hydrogens is 289 g/mol. The average molecular weight is 304 g/mol. The van der Waals surface area contributed by atoms with E-state index in [0.29, 0.717) is 10.0 Å². The zero-order valence-electron chi connectivity index (χ0n) is 10.0. The molecule has 0 atom stereocenters. The molecule has 0 saturated carbocycles. The molecule has 0 amide bonds. The Hall–Kier alpha value is -0.940. The number of halogens is 2. The molecule has 2 N–H and O–H groups in total. The number of rotatable bonds is 2. The third kappa shape index (κ3) is 3.78. The molecule has 1 rings (SSSR count). The Morgan fingerprint density at radius 2 is 2.06 bits per heavy atom. The van der Waals surface area contributed by atoms with Crippen LogP contribution < -0.4 is 5.73 Å². The Labute approximate surface area is 108 Å². The zero-order chi connectivity index (χ0) is 13.2. The second kappa shape index (κ2) is 5.14. The summed E-state index contributed by atoms with van der Waals surface area (Å²) in [5.41, 5.74) is 5.40. The summed E-state index contributed by atoms with van der Waals surface area (Å²) in [7, 11) is 0. The zero-order valence-corrected chi connectivity index (χ0v) is 11.6. The fourth-order valence-electron chi connectivity index (χ4n) is 1.24. The average Bonchev–Trinajstić information content (AvgIpc) is 2.14. The van der Waals surface area contributed by atoms with Gasteiger partial charge in [0.2, 0.25) is 0 Å². The van der Waals surface area contributed by atoms with Crippen LogP contribution in [0.4, 0.5) is 4.39 Å². The van der Waals surface area contributed by atoms with Gasteiger partial charge in [0, 0.05) is 11.0 Å². The van der Waals surface area contributed by atoms with Crippen LogP contribution in [0.5, 0.6) is 0 Å². The Balaban J connectivity index is 3.10. The molecule has 0 aliphatic heterocycles. The number of carbonyl (C=O) groups excluding carboxylic acids is 1. The van der Waals surface area contributed by atoms with E-state index in [0.717, 1.165) is 0 Å². The number of ether oxygens (including phenoxy) is 1. The Morgan fingerprint density at radius 1 is 1.47 bits per heavy atom. The largest absolute Gasteiger partial charge is 0.456 e. The van der Waals surface area contributed by atoms with Gasteiger partial charge in [-0.15, -0.1) is 0 Å². The van der Waals surface area contributed by atoms with Crippen LogP contribution in [0.2, 0.25) is 0 Å². The van der Waals surface area contributed by atoms with Gasteiger partial charge in [-0.25, -0.2) is 9.18 Å². The Bertz CT molecular complexity index is 441. The first-order valence-electron chi connectivity index (χ1n) is 5.16. The quantitative estimate of drug-likeness (QED) is 0.855. The SMILES string of the molecule is CC(C)(C)OC(=O)c1cc(CN)c(Br)cc1F. The molecule has 0 bridgehead atoms. The van der Waals surface area contributed by atoms with Crippen LogP contribution in [0, 0.1) is 5.82 Å². The fraction of sp³-hybridized carbons (Fsp3) is 0.417. The van der Waals surface area contributed by atoms with E-state index in [1.54, 1.807) is 20.8 Å². The van der Waals surface area contributed by atoms with Crippen LogP contribution in [0.25, 0.3) is 0 Å². The third-order valence-electron chi connectivity index (χ3n) is 1.97. The highest BCUT2D eigenvalue weighted by Crippen LogP contribution is 2.23. The lowest BCUT2D eigenvalue weighted by Crippen LogP contribution is -2.24. The first-order chi connectivity index (χ1) is 7.74. The highest BCUT2D eigenvalue weighted by atomic mass is 79.9. The molecule has 0 aliphatic rings. The van der Waals surface area contributed by atoms with Crippen LogP contribution in [0.1, 0.15) is 36.7 Å². The summed E-state index contributed by atoms with van der Waals surface area (Å²) in [5, 5.41) is 0. The monoisotopic (exact) mass is 303 g/mol.